The van der Waals surface area contributed by atoms with Crippen molar-refractivity contribution in [2.45, 2.75) is 52.5 Å². The lowest BCUT2D eigenvalue weighted by Crippen LogP contribution is -2.25. The largest absolute Gasteiger partial charge is 0.383 e. The first-order chi connectivity index (χ1) is 15.5. The van der Waals surface area contributed by atoms with Crippen LogP contribution in [0.5, 0.6) is 0 Å². The van der Waals surface area contributed by atoms with Crippen LogP contribution in [0, 0.1) is 12.8 Å². The van der Waals surface area contributed by atoms with Crippen molar-refractivity contribution in [1.82, 2.24) is 14.5 Å². The second kappa shape index (κ2) is 9.61. The number of anilines is 1. The maximum absolute atomic E-state index is 13.5. The van der Waals surface area contributed by atoms with Crippen molar-refractivity contribution >= 4 is 22.6 Å². The van der Waals surface area contributed by atoms with Crippen molar-refractivity contribution in [3.8, 4) is 11.1 Å². The fraction of sp³-hybridized carbons (Fsp3) is 0.440. The Bertz CT molecular complexity index is 1200. The zero-order chi connectivity index (χ0) is 22.7. The van der Waals surface area contributed by atoms with Gasteiger partial charge in [0, 0.05) is 60.2 Å². The molecule has 7 nitrogen and oxygen atoms in total. The molecule has 0 unspecified atom stereocenters. The number of carbonyl (C=O) groups is 1. The SMILES string of the molecule is CCCCc1cc(C)c(-c2cc3cnc(NC(=O)C4CC4)cc3n(CCOC)c2=O)cn1. The lowest BCUT2D eigenvalue weighted by molar-refractivity contribution is -0.117. The maximum atomic E-state index is 13.5. The number of carbonyl (C=O) groups excluding carboxylic acids is 1. The number of hydrogen-bond acceptors (Lipinski definition) is 5. The average molecular weight is 435 g/mol. The van der Waals surface area contributed by atoms with E-state index in [0.29, 0.717) is 24.5 Å². The number of pyridine rings is 3. The zero-order valence-corrected chi connectivity index (χ0v) is 19.0. The van der Waals surface area contributed by atoms with Crippen molar-refractivity contribution in [2.24, 2.45) is 5.92 Å². The number of hydrogen-bond donors (Lipinski definition) is 1. The summed E-state index contributed by atoms with van der Waals surface area (Å²) in [6.07, 6.45) is 8.51. The van der Waals surface area contributed by atoms with Crippen LogP contribution in [0.15, 0.2) is 35.4 Å². The van der Waals surface area contributed by atoms with Crippen molar-refractivity contribution in [3.05, 3.63) is 52.2 Å². The highest BCUT2D eigenvalue weighted by Crippen LogP contribution is 2.30. The normalized spacial score (nSPS) is 13.5. The van der Waals surface area contributed by atoms with Gasteiger partial charge in [0.2, 0.25) is 5.91 Å². The van der Waals surface area contributed by atoms with E-state index in [9.17, 15) is 9.59 Å². The van der Waals surface area contributed by atoms with E-state index in [4.69, 9.17) is 4.74 Å². The molecular weight excluding hydrogens is 404 g/mol. The quantitative estimate of drug-likeness (QED) is 0.548. The van der Waals surface area contributed by atoms with E-state index in [-0.39, 0.29) is 17.4 Å². The van der Waals surface area contributed by atoms with Gasteiger partial charge < -0.3 is 14.6 Å². The molecule has 1 saturated carbocycles. The summed E-state index contributed by atoms with van der Waals surface area (Å²) >= 11 is 0. The molecule has 3 heterocycles. The lowest BCUT2D eigenvalue weighted by atomic mass is 10.0. The first-order valence-corrected chi connectivity index (χ1v) is 11.3. The van der Waals surface area contributed by atoms with Crippen molar-refractivity contribution in [2.75, 3.05) is 19.0 Å². The molecule has 1 aliphatic carbocycles. The van der Waals surface area contributed by atoms with Gasteiger partial charge in [-0.25, -0.2) is 4.98 Å². The first kappa shape index (κ1) is 22.1. The predicted molar refractivity (Wildman–Crippen MR) is 126 cm³/mol. The molecule has 1 N–H and O–H groups in total. The number of ether oxygens (including phenoxy) is 1. The Morgan fingerprint density at radius 2 is 2.00 bits per heavy atom. The molecule has 168 valence electrons. The topological polar surface area (TPSA) is 86.1 Å². The third-order valence-corrected chi connectivity index (χ3v) is 5.94. The number of nitrogens with one attached hydrogen (secondary N) is 1. The van der Waals surface area contributed by atoms with Crippen molar-refractivity contribution in [1.29, 1.82) is 0 Å². The van der Waals surface area contributed by atoms with Crippen LogP contribution < -0.4 is 10.9 Å². The summed E-state index contributed by atoms with van der Waals surface area (Å²) in [5, 5.41) is 3.70. The Balaban J connectivity index is 1.77. The molecule has 0 radical (unpaired) electrons. The van der Waals surface area contributed by atoms with Gasteiger partial charge in [-0.2, -0.15) is 0 Å². The molecule has 1 fully saturated rings. The molecule has 1 aliphatic rings. The fourth-order valence-electron chi connectivity index (χ4n) is 3.90. The predicted octanol–water partition coefficient (Wildman–Crippen LogP) is 4.10. The number of aromatic nitrogens is 3. The number of amides is 1. The molecule has 0 bridgehead atoms. The molecule has 0 saturated heterocycles. The number of aryl methyl sites for hydroxylation is 2. The van der Waals surface area contributed by atoms with E-state index in [1.807, 2.05) is 13.0 Å². The molecule has 4 rings (SSSR count). The molecule has 3 aromatic heterocycles. The monoisotopic (exact) mass is 434 g/mol. The Labute approximate surface area is 187 Å². The smallest absolute Gasteiger partial charge is 0.259 e. The van der Waals surface area contributed by atoms with E-state index >= 15 is 0 Å². The second-order valence-electron chi connectivity index (χ2n) is 8.49. The molecule has 0 aliphatic heterocycles. The van der Waals surface area contributed by atoms with E-state index in [0.717, 1.165) is 59.8 Å². The Kier molecular flexibility index (Phi) is 6.65. The van der Waals surface area contributed by atoms with E-state index in [2.05, 4.69) is 28.3 Å². The van der Waals surface area contributed by atoms with Crippen LogP contribution in [0.2, 0.25) is 0 Å². The molecule has 7 heteroatoms. The highest BCUT2D eigenvalue weighted by atomic mass is 16.5. The van der Waals surface area contributed by atoms with Crippen LogP contribution in [0.4, 0.5) is 5.82 Å². The standard InChI is InChI=1S/C25H30N4O3/c1-4-5-6-19-11-16(2)21(15-26-19)20-12-18-14-27-23(28-24(30)17-7-8-17)13-22(18)29(25(20)31)9-10-32-3/h11-15,17H,4-10H2,1-3H3,(H,27,28,30). The Morgan fingerprint density at radius 3 is 2.69 bits per heavy atom. The Morgan fingerprint density at radius 1 is 1.19 bits per heavy atom. The van der Waals surface area contributed by atoms with Crippen LogP contribution in [-0.4, -0.2) is 34.2 Å². The summed E-state index contributed by atoms with van der Waals surface area (Å²) in [7, 11) is 1.61. The third-order valence-electron chi connectivity index (χ3n) is 5.94. The summed E-state index contributed by atoms with van der Waals surface area (Å²) in [6, 6.07) is 5.72. The van der Waals surface area contributed by atoms with Crippen molar-refractivity contribution in [3.63, 3.8) is 0 Å². The maximum Gasteiger partial charge on any atom is 0.259 e. The summed E-state index contributed by atoms with van der Waals surface area (Å²) in [5.41, 5.74) is 4.12. The van der Waals surface area contributed by atoms with Gasteiger partial charge in [-0.15, -0.1) is 0 Å². The van der Waals surface area contributed by atoms with Gasteiger partial charge in [-0.05, 0) is 50.3 Å². The van der Waals surface area contributed by atoms with Gasteiger partial charge in [-0.3, -0.25) is 14.6 Å². The molecular formula is C25H30N4O3. The first-order valence-electron chi connectivity index (χ1n) is 11.3. The van der Waals surface area contributed by atoms with Gasteiger partial charge in [0.15, 0.2) is 0 Å². The van der Waals surface area contributed by atoms with Crippen LogP contribution in [-0.2, 0) is 22.5 Å². The van der Waals surface area contributed by atoms with E-state index < -0.39 is 0 Å². The number of unbranched alkanes of at least 4 members (excludes halogenated alkanes) is 1. The summed E-state index contributed by atoms with van der Waals surface area (Å²) in [4.78, 5) is 34.7. The molecule has 32 heavy (non-hydrogen) atoms. The van der Waals surface area contributed by atoms with Crippen LogP contribution in [0.3, 0.4) is 0 Å². The van der Waals surface area contributed by atoms with Gasteiger partial charge in [0.1, 0.15) is 5.82 Å². The number of nitrogens with zero attached hydrogens (tertiary/aromatic N) is 3. The summed E-state index contributed by atoms with van der Waals surface area (Å²) < 4.78 is 6.95. The minimum absolute atomic E-state index is 0.0101. The van der Waals surface area contributed by atoms with Gasteiger partial charge in [0.25, 0.3) is 5.56 Å². The fourth-order valence-corrected chi connectivity index (χ4v) is 3.90. The van der Waals surface area contributed by atoms with Gasteiger partial charge >= 0.3 is 0 Å². The summed E-state index contributed by atoms with van der Waals surface area (Å²) in [6.45, 7) is 4.98. The lowest BCUT2D eigenvalue weighted by Gasteiger charge is -2.15. The molecule has 0 atom stereocenters. The average Bonchev–Trinajstić information content (AvgIpc) is 3.63. The highest BCUT2D eigenvalue weighted by molar-refractivity contribution is 5.95. The molecule has 0 aromatic carbocycles. The van der Waals surface area contributed by atoms with Crippen LogP contribution >= 0.6 is 0 Å². The van der Waals surface area contributed by atoms with Gasteiger partial charge in [-0.1, -0.05) is 13.3 Å². The van der Waals surface area contributed by atoms with Crippen LogP contribution in [0.25, 0.3) is 22.0 Å². The molecule has 3 aromatic rings. The number of fused-ring (bicyclic) bond motifs is 1. The minimum Gasteiger partial charge on any atom is -0.383 e. The minimum atomic E-state index is -0.105. The molecule has 1 amide bonds. The second-order valence-corrected chi connectivity index (χ2v) is 8.49. The van der Waals surface area contributed by atoms with E-state index in [1.165, 1.54) is 0 Å². The Hall–Kier alpha value is -3.06. The number of rotatable bonds is 9. The molecule has 0 spiro atoms. The number of methoxy groups -OCH3 is 1. The van der Waals surface area contributed by atoms with Crippen molar-refractivity contribution < 1.29 is 9.53 Å². The zero-order valence-electron chi connectivity index (χ0n) is 19.0. The third kappa shape index (κ3) is 4.72. The van der Waals surface area contributed by atoms with E-state index in [1.54, 1.807) is 30.1 Å². The highest BCUT2D eigenvalue weighted by Gasteiger charge is 2.29. The van der Waals surface area contributed by atoms with Crippen LogP contribution in [0.1, 0.15) is 43.9 Å². The summed E-state index contributed by atoms with van der Waals surface area (Å²) in [5.74, 6) is 0.538. The van der Waals surface area contributed by atoms with Gasteiger partial charge in [0.05, 0.1) is 12.1 Å².